The molecule has 0 spiro atoms. The molecule has 0 fully saturated rings. The first-order chi connectivity index (χ1) is 19.9. The summed E-state index contributed by atoms with van der Waals surface area (Å²) < 4.78 is 24.7. The minimum Gasteiger partial charge on any atom is -0.496 e. The molecule has 4 heterocycles. The Morgan fingerprint density at radius 1 is 0.927 bits per heavy atom. The Balaban J connectivity index is 1.50. The highest BCUT2D eigenvalue weighted by molar-refractivity contribution is 5.90. The Kier molecular flexibility index (Phi) is 5.46. The van der Waals surface area contributed by atoms with Gasteiger partial charge in [-0.25, -0.2) is 9.59 Å². The monoisotopic (exact) mass is 549 g/mol. The maximum Gasteiger partial charge on any atom is 0.344 e. The number of nitrogens with zero attached hydrogens (tertiary/aromatic N) is 3. The third-order valence-corrected chi connectivity index (χ3v) is 7.18. The summed E-state index contributed by atoms with van der Waals surface area (Å²) in [6.45, 7) is 0.131. The largest absolute Gasteiger partial charge is 0.496 e. The maximum atomic E-state index is 13.5. The van der Waals surface area contributed by atoms with Gasteiger partial charge in [0.15, 0.2) is 0 Å². The lowest BCUT2D eigenvalue weighted by Crippen LogP contribution is -2.26. The number of ether oxygens (including phenoxy) is 2. The molecule has 41 heavy (non-hydrogen) atoms. The molecular weight excluding hydrogens is 530 g/mol. The van der Waals surface area contributed by atoms with Gasteiger partial charge in [-0.15, -0.1) is 0 Å². The van der Waals surface area contributed by atoms with Crippen molar-refractivity contribution in [2.45, 2.75) is 12.5 Å². The van der Waals surface area contributed by atoms with Crippen LogP contribution in [0.25, 0.3) is 21.9 Å². The van der Waals surface area contributed by atoms with Crippen molar-refractivity contribution in [2.24, 2.45) is 0 Å². The van der Waals surface area contributed by atoms with E-state index in [4.69, 9.17) is 18.3 Å². The van der Waals surface area contributed by atoms with Crippen LogP contribution in [0, 0.1) is 10.1 Å². The molecule has 3 aromatic heterocycles. The molecule has 0 atom stereocenters. The van der Waals surface area contributed by atoms with E-state index in [0.29, 0.717) is 50.3 Å². The molecule has 0 bridgehead atoms. The van der Waals surface area contributed by atoms with E-state index in [-0.39, 0.29) is 23.4 Å². The van der Waals surface area contributed by atoms with Crippen LogP contribution in [0.3, 0.4) is 0 Å². The second kappa shape index (κ2) is 9.19. The van der Waals surface area contributed by atoms with E-state index < -0.39 is 22.1 Å². The van der Waals surface area contributed by atoms with Crippen LogP contribution in [0.2, 0.25) is 0 Å². The molecule has 1 aliphatic rings. The molecule has 1 aliphatic heterocycles. The van der Waals surface area contributed by atoms with Crippen LogP contribution >= 0.6 is 0 Å². The average Bonchev–Trinajstić information content (AvgIpc) is 3.45. The minimum absolute atomic E-state index is 0.131. The number of hydrogen-bond donors (Lipinski definition) is 0. The van der Waals surface area contributed by atoms with Crippen molar-refractivity contribution in [3.63, 3.8) is 0 Å². The summed E-state index contributed by atoms with van der Waals surface area (Å²) in [7, 11) is 1.50. The molecule has 0 saturated carbocycles. The molecule has 11 heteroatoms. The smallest absolute Gasteiger partial charge is 0.344 e. The Bertz CT molecular complexity index is 2040. The van der Waals surface area contributed by atoms with Crippen LogP contribution in [-0.2, 0) is 6.54 Å². The highest BCUT2D eigenvalue weighted by Crippen LogP contribution is 2.49. The van der Waals surface area contributed by atoms with Crippen molar-refractivity contribution in [3.8, 4) is 17.2 Å². The van der Waals surface area contributed by atoms with E-state index in [1.165, 1.54) is 18.0 Å². The topological polar surface area (TPSA) is 140 Å². The highest BCUT2D eigenvalue weighted by atomic mass is 16.6. The summed E-state index contributed by atoms with van der Waals surface area (Å²) in [4.78, 5) is 37.7. The number of nitro groups is 1. The maximum absolute atomic E-state index is 13.5. The first kappa shape index (κ1) is 24.3. The molecule has 0 N–H and O–H groups in total. The number of aromatic nitrogens is 2. The zero-order valence-electron chi connectivity index (χ0n) is 21.4. The molecule has 0 unspecified atom stereocenters. The van der Waals surface area contributed by atoms with Crippen LogP contribution < -0.4 is 20.7 Å². The first-order valence-electron chi connectivity index (χ1n) is 12.6. The summed E-state index contributed by atoms with van der Waals surface area (Å²) in [5.74, 6) is 0.179. The van der Waals surface area contributed by atoms with Gasteiger partial charge in [-0.3, -0.25) is 14.8 Å². The molecule has 0 saturated heterocycles. The van der Waals surface area contributed by atoms with Crippen LogP contribution in [-0.4, -0.2) is 21.8 Å². The standard InChI is InChI=1S/C30H19N3O8/c1-38-21-11-10-16(12-17(21)14-32-15-18(13-31-32)33(36)37)24-25-27(19-6-2-4-8-22(19)39-29(25)34)41-28-20-7-3-5-9-23(20)40-30(35)26(24)28/h2-13,15,24H,14H2,1H3. The number of fused-ring (bicyclic) bond motifs is 6. The fraction of sp³-hybridized carbons (Fsp3) is 0.100. The van der Waals surface area contributed by atoms with Crippen LogP contribution in [0.1, 0.15) is 28.2 Å². The van der Waals surface area contributed by atoms with E-state index in [9.17, 15) is 19.7 Å². The SMILES string of the molecule is COc1ccc(C2c3c(c4ccccc4oc3=O)Oc3c2c(=O)oc2ccccc32)cc1Cn1cc([N+](=O)[O-])cn1. The van der Waals surface area contributed by atoms with Crippen molar-refractivity contribution in [1.29, 1.82) is 0 Å². The number of benzene rings is 3. The number of methoxy groups -OCH3 is 1. The van der Waals surface area contributed by atoms with Crippen molar-refractivity contribution in [3.05, 3.63) is 132 Å². The Labute approximate surface area is 229 Å². The lowest BCUT2D eigenvalue weighted by Gasteiger charge is -2.28. The van der Waals surface area contributed by atoms with Gasteiger partial charge in [-0.05, 0) is 42.0 Å². The van der Waals surface area contributed by atoms with Gasteiger partial charge in [0.1, 0.15) is 40.8 Å². The third-order valence-electron chi connectivity index (χ3n) is 7.18. The zero-order valence-corrected chi connectivity index (χ0v) is 21.4. The third kappa shape index (κ3) is 3.86. The number of para-hydroxylation sites is 2. The van der Waals surface area contributed by atoms with Gasteiger partial charge < -0.3 is 18.3 Å². The minimum atomic E-state index is -0.910. The fourth-order valence-corrected chi connectivity index (χ4v) is 5.38. The summed E-state index contributed by atoms with van der Waals surface area (Å²) >= 11 is 0. The Morgan fingerprint density at radius 2 is 1.54 bits per heavy atom. The van der Waals surface area contributed by atoms with E-state index in [0.717, 1.165) is 6.20 Å². The Hall–Kier alpha value is -5.71. The molecule has 202 valence electrons. The fourth-order valence-electron chi connectivity index (χ4n) is 5.38. The van der Waals surface area contributed by atoms with Gasteiger partial charge >= 0.3 is 16.9 Å². The van der Waals surface area contributed by atoms with Gasteiger partial charge in [-0.1, -0.05) is 30.3 Å². The first-order valence-corrected chi connectivity index (χ1v) is 12.6. The average molecular weight is 549 g/mol. The summed E-state index contributed by atoms with van der Waals surface area (Å²) in [5, 5.41) is 16.4. The zero-order chi connectivity index (χ0) is 28.2. The van der Waals surface area contributed by atoms with Crippen LogP contribution in [0.5, 0.6) is 17.2 Å². The second-order valence-corrected chi connectivity index (χ2v) is 9.52. The molecule has 0 aliphatic carbocycles. The normalized spacial score (nSPS) is 12.6. The van der Waals surface area contributed by atoms with E-state index in [1.807, 2.05) is 12.1 Å². The van der Waals surface area contributed by atoms with Gasteiger partial charge in [-0.2, -0.15) is 5.10 Å². The molecule has 6 aromatic rings. The van der Waals surface area contributed by atoms with Crippen molar-refractivity contribution in [1.82, 2.24) is 9.78 Å². The molecular formula is C30H19N3O8. The molecule has 11 nitrogen and oxygen atoms in total. The molecule has 7 rings (SSSR count). The van der Waals surface area contributed by atoms with E-state index in [2.05, 4.69) is 5.10 Å². The van der Waals surface area contributed by atoms with Gasteiger partial charge in [0.25, 0.3) is 0 Å². The van der Waals surface area contributed by atoms with Gasteiger partial charge in [0.05, 0.1) is 46.4 Å². The van der Waals surface area contributed by atoms with Gasteiger partial charge in [0, 0.05) is 5.56 Å². The van der Waals surface area contributed by atoms with Crippen molar-refractivity contribution >= 4 is 27.6 Å². The van der Waals surface area contributed by atoms with E-state index in [1.54, 1.807) is 54.6 Å². The van der Waals surface area contributed by atoms with Crippen LogP contribution in [0.15, 0.2) is 97.5 Å². The number of hydrogen-bond acceptors (Lipinski definition) is 9. The molecule has 0 radical (unpaired) electrons. The van der Waals surface area contributed by atoms with Crippen molar-refractivity contribution < 1.29 is 23.2 Å². The second-order valence-electron chi connectivity index (χ2n) is 9.52. The van der Waals surface area contributed by atoms with Crippen molar-refractivity contribution in [2.75, 3.05) is 7.11 Å². The molecule has 3 aromatic carbocycles. The van der Waals surface area contributed by atoms with Gasteiger partial charge in [0.2, 0.25) is 0 Å². The Morgan fingerprint density at radius 3 is 2.10 bits per heavy atom. The quantitative estimate of drug-likeness (QED) is 0.158. The van der Waals surface area contributed by atoms with Crippen LogP contribution in [0.4, 0.5) is 5.69 Å². The summed E-state index contributed by atoms with van der Waals surface area (Å²) in [5.41, 5.74) is 0.744. The predicted molar refractivity (Wildman–Crippen MR) is 147 cm³/mol. The highest BCUT2D eigenvalue weighted by Gasteiger charge is 2.38. The van der Waals surface area contributed by atoms with E-state index >= 15 is 0 Å². The predicted octanol–water partition coefficient (Wildman–Crippen LogP) is 5.35. The number of rotatable bonds is 5. The molecule has 0 amide bonds. The summed E-state index contributed by atoms with van der Waals surface area (Å²) in [6, 6.07) is 19.3. The lowest BCUT2D eigenvalue weighted by atomic mass is 9.82. The summed E-state index contributed by atoms with van der Waals surface area (Å²) in [6.07, 6.45) is 2.47. The lowest BCUT2D eigenvalue weighted by molar-refractivity contribution is -0.385.